The van der Waals surface area contributed by atoms with Crippen LogP contribution in [0.5, 0.6) is 0 Å². The maximum atomic E-state index is 5.71. The number of nitrogens with zero attached hydrogens (tertiary/aromatic N) is 3. The lowest BCUT2D eigenvalue weighted by Gasteiger charge is -2.38. The van der Waals surface area contributed by atoms with Gasteiger partial charge >= 0.3 is 0 Å². The molecule has 0 amide bonds. The van der Waals surface area contributed by atoms with Gasteiger partial charge in [0.2, 0.25) is 0 Å². The summed E-state index contributed by atoms with van der Waals surface area (Å²) >= 11 is 0. The van der Waals surface area contributed by atoms with Crippen molar-refractivity contribution in [1.29, 1.82) is 0 Å². The van der Waals surface area contributed by atoms with Gasteiger partial charge in [-0.05, 0) is 71.3 Å². The van der Waals surface area contributed by atoms with Gasteiger partial charge in [-0.3, -0.25) is 14.8 Å². The molecule has 6 heteroatoms. The van der Waals surface area contributed by atoms with E-state index in [2.05, 4.69) is 45.3 Å². The van der Waals surface area contributed by atoms with Crippen LogP contribution in [-0.2, 0) is 0 Å². The van der Waals surface area contributed by atoms with Gasteiger partial charge in [0.25, 0.3) is 0 Å². The van der Waals surface area contributed by atoms with E-state index in [1.165, 1.54) is 38.6 Å². The molecular formula is C21H37N5O. The number of likely N-dealkylation sites (tertiary alicyclic amines) is 2. The Kier molecular flexibility index (Phi) is 7.59. The van der Waals surface area contributed by atoms with Gasteiger partial charge in [0.05, 0.1) is 12.3 Å². The third kappa shape index (κ3) is 5.48. The van der Waals surface area contributed by atoms with Crippen molar-refractivity contribution in [3.05, 3.63) is 24.2 Å². The molecule has 0 bridgehead atoms. The first-order chi connectivity index (χ1) is 13.2. The fraction of sp³-hybridized carbons (Fsp3) is 0.762. The predicted molar refractivity (Wildman–Crippen MR) is 111 cm³/mol. The van der Waals surface area contributed by atoms with Crippen molar-refractivity contribution in [2.75, 3.05) is 39.8 Å². The smallest absolute Gasteiger partial charge is 0.191 e. The molecule has 0 spiro atoms. The van der Waals surface area contributed by atoms with E-state index in [-0.39, 0.29) is 6.04 Å². The number of rotatable bonds is 7. The Morgan fingerprint density at radius 2 is 1.93 bits per heavy atom. The number of nitrogens with one attached hydrogen (secondary N) is 2. The zero-order chi connectivity index (χ0) is 19.1. The summed E-state index contributed by atoms with van der Waals surface area (Å²) in [6.07, 6.45) is 8.32. The van der Waals surface area contributed by atoms with E-state index in [4.69, 9.17) is 4.42 Å². The number of hydrogen-bond donors (Lipinski definition) is 2. The number of piperidine rings is 1. The quantitative estimate of drug-likeness (QED) is 0.567. The Balaban J connectivity index is 1.50. The molecule has 0 radical (unpaired) electrons. The van der Waals surface area contributed by atoms with Crippen molar-refractivity contribution in [2.24, 2.45) is 4.99 Å². The van der Waals surface area contributed by atoms with Crippen LogP contribution in [0.4, 0.5) is 0 Å². The molecule has 0 saturated carbocycles. The summed E-state index contributed by atoms with van der Waals surface area (Å²) < 4.78 is 5.71. The average molecular weight is 376 g/mol. The second-order valence-electron chi connectivity index (χ2n) is 8.04. The van der Waals surface area contributed by atoms with Crippen molar-refractivity contribution in [2.45, 2.75) is 64.1 Å². The van der Waals surface area contributed by atoms with Gasteiger partial charge < -0.3 is 15.1 Å². The Labute approximate surface area is 164 Å². The van der Waals surface area contributed by atoms with Gasteiger partial charge in [0.15, 0.2) is 5.96 Å². The molecule has 1 aromatic heterocycles. The van der Waals surface area contributed by atoms with E-state index in [0.29, 0.717) is 12.1 Å². The number of aliphatic imine (C=N–C) groups is 1. The summed E-state index contributed by atoms with van der Waals surface area (Å²) in [6.45, 7) is 9.89. The minimum Gasteiger partial charge on any atom is -0.468 e. The van der Waals surface area contributed by atoms with Gasteiger partial charge in [-0.25, -0.2) is 0 Å². The molecule has 3 heterocycles. The zero-order valence-electron chi connectivity index (χ0n) is 17.3. The largest absolute Gasteiger partial charge is 0.468 e. The van der Waals surface area contributed by atoms with Crippen LogP contribution in [0.15, 0.2) is 27.8 Å². The lowest BCUT2D eigenvalue weighted by molar-refractivity contribution is 0.115. The van der Waals surface area contributed by atoms with Crippen LogP contribution in [0.2, 0.25) is 0 Å². The fourth-order valence-corrected chi connectivity index (χ4v) is 4.49. The minimum absolute atomic E-state index is 0.264. The van der Waals surface area contributed by atoms with Crippen LogP contribution in [0.3, 0.4) is 0 Å². The summed E-state index contributed by atoms with van der Waals surface area (Å²) in [5.74, 6) is 1.91. The summed E-state index contributed by atoms with van der Waals surface area (Å²) in [6, 6.07) is 5.52. The molecule has 2 aliphatic rings. The van der Waals surface area contributed by atoms with Crippen LogP contribution < -0.4 is 10.6 Å². The molecule has 3 atom stereocenters. The fourth-order valence-electron chi connectivity index (χ4n) is 4.49. The lowest BCUT2D eigenvalue weighted by atomic mass is 10.0. The van der Waals surface area contributed by atoms with E-state index in [1.54, 1.807) is 6.26 Å². The van der Waals surface area contributed by atoms with Crippen LogP contribution in [0.1, 0.15) is 57.8 Å². The molecule has 2 fully saturated rings. The minimum atomic E-state index is 0.264. The highest BCUT2D eigenvalue weighted by Crippen LogP contribution is 2.24. The van der Waals surface area contributed by atoms with E-state index >= 15 is 0 Å². The molecule has 2 saturated heterocycles. The van der Waals surface area contributed by atoms with E-state index < -0.39 is 0 Å². The molecule has 2 N–H and O–H groups in total. The average Bonchev–Trinajstić information content (AvgIpc) is 3.39. The van der Waals surface area contributed by atoms with Gasteiger partial charge in [-0.1, -0.05) is 6.42 Å². The van der Waals surface area contributed by atoms with Gasteiger partial charge in [-0.2, -0.15) is 0 Å². The zero-order valence-corrected chi connectivity index (χ0v) is 17.3. The van der Waals surface area contributed by atoms with Crippen LogP contribution in [0.25, 0.3) is 0 Å². The summed E-state index contributed by atoms with van der Waals surface area (Å²) in [7, 11) is 1.85. The Morgan fingerprint density at radius 3 is 2.59 bits per heavy atom. The maximum Gasteiger partial charge on any atom is 0.191 e. The van der Waals surface area contributed by atoms with Crippen molar-refractivity contribution in [3.63, 3.8) is 0 Å². The summed E-state index contributed by atoms with van der Waals surface area (Å²) in [5, 5.41) is 7.05. The predicted octanol–water partition coefficient (Wildman–Crippen LogP) is 2.84. The Bertz CT molecular complexity index is 567. The second kappa shape index (κ2) is 10.1. The number of hydrogen-bond acceptors (Lipinski definition) is 4. The molecular weight excluding hydrogens is 338 g/mol. The van der Waals surface area contributed by atoms with E-state index in [1.807, 2.05) is 13.1 Å². The normalized spacial score (nSPS) is 24.7. The highest BCUT2D eigenvalue weighted by Gasteiger charge is 2.26. The molecule has 152 valence electrons. The van der Waals surface area contributed by atoms with Crippen molar-refractivity contribution < 1.29 is 4.42 Å². The highest BCUT2D eigenvalue weighted by molar-refractivity contribution is 5.79. The highest BCUT2D eigenvalue weighted by atomic mass is 16.3. The molecule has 3 rings (SSSR count). The summed E-state index contributed by atoms with van der Waals surface area (Å²) in [4.78, 5) is 9.57. The number of furan rings is 1. The number of guanidine groups is 1. The molecule has 0 aromatic carbocycles. The van der Waals surface area contributed by atoms with Crippen LogP contribution >= 0.6 is 0 Å². The summed E-state index contributed by atoms with van der Waals surface area (Å²) in [5.41, 5.74) is 0. The maximum absolute atomic E-state index is 5.71. The Hall–Kier alpha value is -1.53. The van der Waals surface area contributed by atoms with Crippen molar-refractivity contribution in [3.8, 4) is 0 Å². The van der Waals surface area contributed by atoms with Gasteiger partial charge in [0, 0.05) is 32.2 Å². The Morgan fingerprint density at radius 1 is 1.19 bits per heavy atom. The van der Waals surface area contributed by atoms with Gasteiger partial charge in [0.1, 0.15) is 5.76 Å². The molecule has 6 nitrogen and oxygen atoms in total. The SMILES string of the molecule is CN=C(NCC(c1ccco1)N1CCCC1)NCC(C)N1CCCCC1C. The first-order valence-electron chi connectivity index (χ1n) is 10.7. The van der Waals surface area contributed by atoms with Crippen LogP contribution in [0, 0.1) is 0 Å². The first kappa shape index (κ1) is 20.2. The third-order valence-corrected chi connectivity index (χ3v) is 6.12. The van der Waals surface area contributed by atoms with E-state index in [0.717, 1.165) is 37.9 Å². The molecule has 0 aliphatic carbocycles. The molecule has 1 aromatic rings. The second-order valence-corrected chi connectivity index (χ2v) is 8.04. The standard InChI is InChI=1S/C21H37N5O/c1-17-9-4-5-13-26(17)18(2)15-23-21(22-3)24-16-19(20-10-8-14-27-20)25-11-6-7-12-25/h8,10,14,17-19H,4-7,9,11-13,15-16H2,1-3H3,(H2,22,23,24). The van der Waals surface area contributed by atoms with Crippen LogP contribution in [-0.4, -0.2) is 67.6 Å². The van der Waals surface area contributed by atoms with Gasteiger partial charge in [-0.15, -0.1) is 0 Å². The third-order valence-electron chi connectivity index (χ3n) is 6.12. The lowest BCUT2D eigenvalue weighted by Crippen LogP contribution is -2.51. The topological polar surface area (TPSA) is 56.0 Å². The molecule has 27 heavy (non-hydrogen) atoms. The monoisotopic (exact) mass is 375 g/mol. The first-order valence-corrected chi connectivity index (χ1v) is 10.7. The molecule has 3 unspecified atom stereocenters. The van der Waals surface area contributed by atoms with Crippen molar-refractivity contribution in [1.82, 2.24) is 20.4 Å². The van der Waals surface area contributed by atoms with E-state index in [9.17, 15) is 0 Å². The van der Waals surface area contributed by atoms with Crippen molar-refractivity contribution >= 4 is 5.96 Å². The molecule has 2 aliphatic heterocycles.